The van der Waals surface area contributed by atoms with E-state index in [0.29, 0.717) is 39.7 Å². The maximum atomic E-state index is 13.9. The van der Waals surface area contributed by atoms with Crippen LogP contribution in [0.15, 0.2) is 24.4 Å². The lowest BCUT2D eigenvalue weighted by molar-refractivity contribution is -0.140. The smallest absolute Gasteiger partial charge is 0.437 e. The quantitative estimate of drug-likeness (QED) is 0.229. The van der Waals surface area contributed by atoms with Crippen LogP contribution in [0.2, 0.25) is 10.0 Å². The molecule has 14 heteroatoms. The van der Waals surface area contributed by atoms with E-state index in [0.717, 1.165) is 52.0 Å². The fourth-order valence-electron chi connectivity index (χ4n) is 5.72. The van der Waals surface area contributed by atoms with E-state index in [2.05, 4.69) is 20.0 Å². The third kappa shape index (κ3) is 6.41. The van der Waals surface area contributed by atoms with Crippen molar-refractivity contribution in [3.63, 3.8) is 0 Å². The molecule has 4 heterocycles. The molecular weight excluding hydrogens is 588 g/mol. The van der Waals surface area contributed by atoms with Crippen molar-refractivity contribution in [2.45, 2.75) is 44.8 Å². The number of halogens is 5. The van der Waals surface area contributed by atoms with Crippen molar-refractivity contribution in [3.05, 3.63) is 45.7 Å². The SMILES string of the molecule is C[C@H](c1ccc(Cl)cc1Cl)n1nc(C(F)(F)F)c2ncc(N3CC([C@H]4CCCN(CCCCS(=O)[O-])C4)C3)nc21. The van der Waals surface area contributed by atoms with Crippen LogP contribution in [0.4, 0.5) is 19.0 Å². The molecule has 2 saturated heterocycles. The van der Waals surface area contributed by atoms with E-state index in [-0.39, 0.29) is 16.9 Å². The highest BCUT2D eigenvalue weighted by Gasteiger charge is 2.40. The summed E-state index contributed by atoms with van der Waals surface area (Å²) in [6.45, 7) is 6.12. The van der Waals surface area contributed by atoms with E-state index in [1.165, 1.54) is 10.9 Å². The minimum atomic E-state index is -4.69. The molecule has 40 heavy (non-hydrogen) atoms. The summed E-state index contributed by atoms with van der Waals surface area (Å²) in [6.07, 6.45) is 0.471. The molecule has 0 aliphatic carbocycles. The number of hydrogen-bond acceptors (Lipinski definition) is 7. The zero-order chi connectivity index (χ0) is 28.6. The molecule has 0 radical (unpaired) electrons. The molecule has 2 aliphatic heterocycles. The van der Waals surface area contributed by atoms with Gasteiger partial charge >= 0.3 is 6.18 Å². The van der Waals surface area contributed by atoms with Crippen molar-refractivity contribution in [2.24, 2.45) is 11.8 Å². The summed E-state index contributed by atoms with van der Waals surface area (Å²) in [6, 6.07) is 4.21. The Balaban J connectivity index is 1.31. The topological polar surface area (TPSA) is 90.2 Å². The van der Waals surface area contributed by atoms with E-state index in [4.69, 9.17) is 23.2 Å². The molecule has 0 bridgehead atoms. The fourth-order valence-corrected chi connectivity index (χ4v) is 6.72. The predicted octanol–water partition coefficient (Wildman–Crippen LogP) is 5.57. The van der Waals surface area contributed by atoms with Crippen LogP contribution < -0.4 is 4.90 Å². The molecule has 2 aromatic heterocycles. The van der Waals surface area contributed by atoms with Crippen molar-refractivity contribution in [1.29, 1.82) is 0 Å². The number of likely N-dealkylation sites (tertiary alicyclic amines) is 1. The van der Waals surface area contributed by atoms with E-state index in [9.17, 15) is 21.9 Å². The first kappa shape index (κ1) is 29.5. The first-order valence-corrected chi connectivity index (χ1v) is 15.3. The Morgan fingerprint density at radius 1 is 1.18 bits per heavy atom. The molecule has 218 valence electrons. The maximum absolute atomic E-state index is 13.9. The maximum Gasteiger partial charge on any atom is 0.437 e. The summed E-state index contributed by atoms with van der Waals surface area (Å²) in [5.41, 5.74) is -0.754. The summed E-state index contributed by atoms with van der Waals surface area (Å²) in [7, 11) is 0. The van der Waals surface area contributed by atoms with Gasteiger partial charge in [0.15, 0.2) is 11.3 Å². The number of hydrogen-bond donors (Lipinski definition) is 0. The number of nitrogens with zero attached hydrogens (tertiary/aromatic N) is 6. The Morgan fingerprint density at radius 3 is 2.65 bits per heavy atom. The van der Waals surface area contributed by atoms with Crippen molar-refractivity contribution in [1.82, 2.24) is 24.6 Å². The van der Waals surface area contributed by atoms with Gasteiger partial charge in [-0.3, -0.25) is 4.21 Å². The minimum absolute atomic E-state index is 0.0506. The van der Waals surface area contributed by atoms with Gasteiger partial charge in [-0.25, -0.2) is 14.6 Å². The van der Waals surface area contributed by atoms with Crippen LogP contribution in [0, 0.1) is 11.8 Å². The van der Waals surface area contributed by atoms with E-state index < -0.39 is 29.0 Å². The highest BCUT2D eigenvalue weighted by atomic mass is 35.5. The molecule has 1 unspecified atom stereocenters. The zero-order valence-electron chi connectivity index (χ0n) is 21.9. The summed E-state index contributed by atoms with van der Waals surface area (Å²) >= 11 is 10.4. The molecule has 8 nitrogen and oxygen atoms in total. The second-order valence-electron chi connectivity index (χ2n) is 10.6. The van der Waals surface area contributed by atoms with Crippen LogP contribution in [-0.4, -0.2) is 71.9 Å². The number of anilines is 1. The van der Waals surface area contributed by atoms with Crippen LogP contribution in [0.3, 0.4) is 0 Å². The molecular formula is C26H30Cl2F3N6O2S-. The second kappa shape index (κ2) is 12.1. The molecule has 0 amide bonds. The standard InChI is InChI=1S/C26H31Cl2F3N6O2S/c1-16(20-7-6-19(27)11-21(20)28)37-25-23(24(34-37)26(29,30)31)32-12-22(33-25)36-14-18(15-36)17-5-4-9-35(13-17)8-2-3-10-40(38)39/h6-7,11-12,16-18H,2-5,8-10,13-15H2,1H3,(H,38,39)/p-1/t16-,17+/m1/s1. The van der Waals surface area contributed by atoms with Gasteiger partial charge in [-0.1, -0.05) is 40.3 Å². The molecule has 1 aromatic carbocycles. The van der Waals surface area contributed by atoms with Crippen molar-refractivity contribution in [3.8, 4) is 0 Å². The summed E-state index contributed by atoms with van der Waals surface area (Å²) in [4.78, 5) is 13.3. The number of piperidine rings is 1. The number of fused-ring (bicyclic) bond motifs is 1. The average Bonchev–Trinajstić information content (AvgIpc) is 3.25. The van der Waals surface area contributed by atoms with Gasteiger partial charge in [-0.2, -0.15) is 18.3 Å². The third-order valence-electron chi connectivity index (χ3n) is 7.92. The summed E-state index contributed by atoms with van der Waals surface area (Å²) < 4.78 is 64.3. The molecule has 5 rings (SSSR count). The first-order chi connectivity index (χ1) is 19.0. The van der Waals surface area contributed by atoms with Crippen LogP contribution in [-0.2, 0) is 17.3 Å². The monoisotopic (exact) mass is 617 g/mol. The van der Waals surface area contributed by atoms with Gasteiger partial charge in [0.05, 0.1) is 12.2 Å². The number of aromatic nitrogens is 4. The second-order valence-corrected chi connectivity index (χ2v) is 12.5. The van der Waals surface area contributed by atoms with Crippen LogP contribution in [0.1, 0.15) is 49.9 Å². The van der Waals surface area contributed by atoms with Crippen LogP contribution in [0.25, 0.3) is 11.2 Å². The van der Waals surface area contributed by atoms with E-state index in [1.807, 2.05) is 4.90 Å². The molecule has 0 saturated carbocycles. The van der Waals surface area contributed by atoms with Gasteiger partial charge in [0.1, 0.15) is 11.3 Å². The van der Waals surface area contributed by atoms with E-state index in [1.54, 1.807) is 25.1 Å². The Morgan fingerprint density at radius 2 is 1.95 bits per heavy atom. The largest absolute Gasteiger partial charge is 0.772 e. The number of rotatable bonds is 9. The van der Waals surface area contributed by atoms with Gasteiger partial charge in [0.25, 0.3) is 0 Å². The Labute approximate surface area is 243 Å². The van der Waals surface area contributed by atoms with Gasteiger partial charge in [-0.15, -0.1) is 0 Å². The Kier molecular flexibility index (Phi) is 8.91. The first-order valence-electron chi connectivity index (χ1n) is 13.3. The molecule has 2 fully saturated rings. The molecule has 3 aromatic rings. The summed E-state index contributed by atoms with van der Waals surface area (Å²) in [5, 5.41) is 4.65. The summed E-state index contributed by atoms with van der Waals surface area (Å²) in [5.74, 6) is 1.70. The molecule has 3 atom stereocenters. The molecule has 2 aliphatic rings. The lowest BCUT2D eigenvalue weighted by atomic mass is 9.80. The van der Waals surface area contributed by atoms with Gasteiger partial charge < -0.3 is 14.4 Å². The number of benzene rings is 1. The third-order valence-corrected chi connectivity index (χ3v) is 9.10. The minimum Gasteiger partial charge on any atom is -0.772 e. The Hall–Kier alpha value is -1.99. The lowest BCUT2D eigenvalue weighted by Crippen LogP contribution is -2.54. The van der Waals surface area contributed by atoms with Gasteiger partial charge in [0.2, 0.25) is 0 Å². The highest BCUT2D eigenvalue weighted by Crippen LogP contribution is 2.38. The van der Waals surface area contributed by atoms with E-state index >= 15 is 0 Å². The average molecular weight is 619 g/mol. The fraction of sp³-hybridized carbons (Fsp3) is 0.577. The normalized spacial score (nSPS) is 20.6. The van der Waals surface area contributed by atoms with Crippen molar-refractivity contribution in [2.75, 3.05) is 43.4 Å². The molecule has 0 N–H and O–H groups in total. The number of alkyl halides is 3. The highest BCUT2D eigenvalue weighted by molar-refractivity contribution is 7.79. The zero-order valence-corrected chi connectivity index (χ0v) is 24.2. The lowest BCUT2D eigenvalue weighted by Gasteiger charge is -2.47. The van der Waals surface area contributed by atoms with Gasteiger partial charge in [0, 0.05) is 35.4 Å². The van der Waals surface area contributed by atoms with Crippen molar-refractivity contribution >= 4 is 51.3 Å². The molecule has 0 spiro atoms. The number of unbranched alkanes of at least 4 members (excludes halogenated alkanes) is 1. The van der Waals surface area contributed by atoms with Gasteiger partial charge in [-0.05, 0) is 75.2 Å². The van der Waals surface area contributed by atoms with Crippen LogP contribution >= 0.6 is 23.2 Å². The van der Waals surface area contributed by atoms with Crippen LogP contribution in [0.5, 0.6) is 0 Å². The van der Waals surface area contributed by atoms with Crippen molar-refractivity contribution < 1.29 is 21.9 Å². The predicted molar refractivity (Wildman–Crippen MR) is 148 cm³/mol. The Bertz CT molecular complexity index is 1380.